The molecule has 1 unspecified atom stereocenters. The van der Waals surface area contributed by atoms with Crippen molar-refractivity contribution in [1.29, 1.82) is 5.26 Å². The van der Waals surface area contributed by atoms with Crippen LogP contribution in [0.3, 0.4) is 0 Å². The molecule has 1 atom stereocenters. The van der Waals surface area contributed by atoms with Crippen LogP contribution in [0.5, 0.6) is 0 Å². The molecule has 0 saturated heterocycles. The van der Waals surface area contributed by atoms with Gasteiger partial charge in [0.15, 0.2) is 5.82 Å². The van der Waals surface area contributed by atoms with Gasteiger partial charge in [-0.1, -0.05) is 30.7 Å². The van der Waals surface area contributed by atoms with Crippen molar-refractivity contribution in [3.05, 3.63) is 94.4 Å². The van der Waals surface area contributed by atoms with Gasteiger partial charge >= 0.3 is 6.18 Å². The Hall–Kier alpha value is -4.14. The first-order valence-corrected chi connectivity index (χ1v) is 13.4. The minimum Gasteiger partial charge on any atom is -0.370 e. The summed E-state index contributed by atoms with van der Waals surface area (Å²) in [5, 5.41) is 20.7. The minimum atomic E-state index is -5.25. The molecule has 0 bridgehead atoms. The summed E-state index contributed by atoms with van der Waals surface area (Å²) in [6.45, 7) is 5.07. The number of hydrogen-bond acceptors (Lipinski definition) is 5. The van der Waals surface area contributed by atoms with Crippen LogP contribution in [0.15, 0.2) is 65.7 Å². The second-order valence-corrected chi connectivity index (χ2v) is 11.2. The average Bonchev–Trinajstić information content (AvgIpc) is 3.53. The third kappa shape index (κ3) is 3.99. The molecule has 2 heterocycles. The third-order valence-corrected chi connectivity index (χ3v) is 8.58. The van der Waals surface area contributed by atoms with E-state index in [9.17, 15) is 32.0 Å². The summed E-state index contributed by atoms with van der Waals surface area (Å²) < 4.78 is 72.9. The lowest BCUT2D eigenvalue weighted by Gasteiger charge is -2.32. The molecular weight excluding hydrogens is 529 g/mol. The van der Waals surface area contributed by atoms with Gasteiger partial charge in [0.25, 0.3) is 10.0 Å². The molecule has 0 aliphatic rings. The predicted octanol–water partition coefficient (Wildman–Crippen LogP) is 5.60. The zero-order valence-corrected chi connectivity index (χ0v) is 21.9. The lowest BCUT2D eigenvalue weighted by atomic mass is 9.83. The maximum atomic E-state index is 15.0. The predicted molar refractivity (Wildman–Crippen MR) is 140 cm³/mol. The number of imidazole rings is 1. The highest BCUT2D eigenvalue weighted by atomic mass is 32.2. The second-order valence-electron chi connectivity index (χ2n) is 9.41. The fourth-order valence-corrected chi connectivity index (χ4v) is 6.36. The molecule has 2 aromatic heterocycles. The van der Waals surface area contributed by atoms with E-state index in [2.05, 4.69) is 9.97 Å². The first-order chi connectivity index (χ1) is 18.3. The van der Waals surface area contributed by atoms with Gasteiger partial charge in [0, 0.05) is 17.1 Å². The van der Waals surface area contributed by atoms with Crippen LogP contribution in [0.25, 0.3) is 21.9 Å². The number of aromatic nitrogens is 3. The van der Waals surface area contributed by atoms with Crippen LogP contribution in [-0.2, 0) is 22.0 Å². The summed E-state index contributed by atoms with van der Waals surface area (Å²) in [7, 11) is -4.17. The topological polar surface area (TPSA) is 112 Å². The third-order valence-electron chi connectivity index (χ3n) is 6.89. The Balaban J connectivity index is 1.84. The van der Waals surface area contributed by atoms with Crippen LogP contribution in [0.2, 0.25) is 0 Å². The molecule has 3 aromatic carbocycles. The van der Waals surface area contributed by atoms with Crippen LogP contribution in [0, 0.1) is 25.2 Å². The van der Waals surface area contributed by atoms with E-state index in [1.54, 1.807) is 32.9 Å². The lowest BCUT2D eigenvalue weighted by Crippen LogP contribution is -2.45. The summed E-state index contributed by atoms with van der Waals surface area (Å²) in [6, 6.07) is 14.9. The largest absolute Gasteiger partial charge is 0.428 e. The van der Waals surface area contributed by atoms with Gasteiger partial charge in [-0.05, 0) is 67.8 Å². The molecule has 200 valence electrons. The number of alkyl halides is 3. The highest BCUT2D eigenvalue weighted by Gasteiger charge is 2.60. The molecule has 0 aliphatic carbocycles. The SMILES string of the molecule is CCc1cc(C)c2c(ccn2S(=O)(=O)c2ccc(C)cc2)c1C(O)(c1nc2cc(C#N)ccc2[nH]1)C(F)(F)F. The van der Waals surface area contributed by atoms with Crippen molar-refractivity contribution < 1.29 is 26.7 Å². The van der Waals surface area contributed by atoms with Crippen LogP contribution < -0.4 is 0 Å². The normalized spacial score (nSPS) is 14.0. The molecule has 5 aromatic rings. The molecular formula is C28H23F3N4O3S. The number of benzene rings is 3. The zero-order valence-electron chi connectivity index (χ0n) is 21.1. The Morgan fingerprint density at radius 3 is 2.38 bits per heavy atom. The van der Waals surface area contributed by atoms with Crippen molar-refractivity contribution in [1.82, 2.24) is 13.9 Å². The molecule has 39 heavy (non-hydrogen) atoms. The molecule has 7 nitrogen and oxygen atoms in total. The summed E-state index contributed by atoms with van der Waals surface area (Å²) in [5.41, 5.74) is -2.16. The average molecular weight is 553 g/mol. The van der Waals surface area contributed by atoms with Gasteiger partial charge < -0.3 is 10.1 Å². The number of halogens is 3. The van der Waals surface area contributed by atoms with Crippen molar-refractivity contribution in [3.8, 4) is 6.07 Å². The fourth-order valence-electron chi connectivity index (χ4n) is 4.95. The van der Waals surface area contributed by atoms with Gasteiger partial charge in [-0.3, -0.25) is 0 Å². The van der Waals surface area contributed by atoms with Crippen molar-refractivity contribution in [2.24, 2.45) is 0 Å². The summed E-state index contributed by atoms with van der Waals surface area (Å²) >= 11 is 0. The van der Waals surface area contributed by atoms with E-state index in [1.165, 1.54) is 48.7 Å². The van der Waals surface area contributed by atoms with Gasteiger partial charge in [-0.2, -0.15) is 18.4 Å². The minimum absolute atomic E-state index is 0.0216. The number of nitrogens with one attached hydrogen (secondary N) is 1. The monoisotopic (exact) mass is 552 g/mol. The molecule has 11 heteroatoms. The van der Waals surface area contributed by atoms with Crippen LogP contribution in [0.4, 0.5) is 13.2 Å². The van der Waals surface area contributed by atoms with Gasteiger partial charge in [-0.15, -0.1) is 0 Å². The molecule has 0 spiro atoms. The first kappa shape index (κ1) is 26.5. The smallest absolute Gasteiger partial charge is 0.370 e. The van der Waals surface area contributed by atoms with Crippen molar-refractivity contribution in [2.45, 2.75) is 43.9 Å². The van der Waals surface area contributed by atoms with E-state index < -0.39 is 33.2 Å². The van der Waals surface area contributed by atoms with E-state index in [-0.39, 0.29) is 44.4 Å². The first-order valence-electron chi connectivity index (χ1n) is 12.0. The van der Waals surface area contributed by atoms with E-state index in [0.29, 0.717) is 5.56 Å². The van der Waals surface area contributed by atoms with Crippen molar-refractivity contribution in [2.75, 3.05) is 0 Å². The van der Waals surface area contributed by atoms with Gasteiger partial charge in [0.05, 0.1) is 33.1 Å². The van der Waals surface area contributed by atoms with E-state index in [0.717, 1.165) is 9.54 Å². The number of fused-ring (bicyclic) bond motifs is 2. The standard InChI is InChI=1S/C28H23F3N4O3S/c1-4-19-13-17(3)25-21(11-12-35(25)39(37,38)20-8-5-16(2)6-9-20)24(19)27(36,28(29,30)31)26-33-22-10-7-18(15-32)14-23(22)34-26/h5-14,36H,4H2,1-3H3,(H,33,34). The van der Waals surface area contributed by atoms with Crippen LogP contribution in [-0.4, -0.2) is 33.6 Å². The highest BCUT2D eigenvalue weighted by molar-refractivity contribution is 7.90. The summed E-state index contributed by atoms with van der Waals surface area (Å²) in [5.74, 6) is -0.783. The van der Waals surface area contributed by atoms with E-state index in [1.807, 2.05) is 6.07 Å². The van der Waals surface area contributed by atoms with E-state index >= 15 is 0 Å². The quantitative estimate of drug-likeness (QED) is 0.295. The number of aliphatic hydroxyl groups is 1. The highest BCUT2D eigenvalue weighted by Crippen LogP contribution is 2.48. The number of rotatable bonds is 5. The Bertz CT molecular complexity index is 1900. The molecule has 0 fully saturated rings. The maximum Gasteiger partial charge on any atom is 0.428 e. The number of hydrogen-bond donors (Lipinski definition) is 2. The Kier molecular flexibility index (Phi) is 6.08. The van der Waals surface area contributed by atoms with Crippen LogP contribution >= 0.6 is 0 Å². The Morgan fingerprint density at radius 2 is 1.77 bits per heavy atom. The second kappa shape index (κ2) is 8.97. The number of nitrogens with zero attached hydrogens (tertiary/aromatic N) is 3. The number of aromatic amines is 1. The molecule has 0 saturated carbocycles. The lowest BCUT2D eigenvalue weighted by molar-refractivity contribution is -0.250. The molecule has 2 N–H and O–H groups in total. The maximum absolute atomic E-state index is 15.0. The molecule has 0 aliphatic heterocycles. The fraction of sp³-hybridized carbons (Fsp3) is 0.214. The summed E-state index contributed by atoms with van der Waals surface area (Å²) in [4.78, 5) is 6.60. The molecule has 0 amide bonds. The Labute approximate surface area is 222 Å². The van der Waals surface area contributed by atoms with Gasteiger partial charge in [0.2, 0.25) is 5.60 Å². The zero-order chi connectivity index (χ0) is 28.3. The van der Waals surface area contributed by atoms with Gasteiger partial charge in [0.1, 0.15) is 0 Å². The molecule has 0 radical (unpaired) electrons. The molecule has 5 rings (SSSR count). The van der Waals surface area contributed by atoms with E-state index in [4.69, 9.17) is 0 Å². The summed E-state index contributed by atoms with van der Waals surface area (Å²) in [6.07, 6.45) is -3.92. The van der Waals surface area contributed by atoms with Gasteiger partial charge in [-0.25, -0.2) is 17.4 Å². The number of H-pyrrole nitrogens is 1. The van der Waals surface area contributed by atoms with Crippen molar-refractivity contribution >= 4 is 32.0 Å². The van der Waals surface area contributed by atoms with Crippen LogP contribution in [0.1, 0.15) is 40.6 Å². The number of aryl methyl sites for hydroxylation is 3. The number of nitriles is 1. The van der Waals surface area contributed by atoms with Crippen molar-refractivity contribution in [3.63, 3.8) is 0 Å². The Morgan fingerprint density at radius 1 is 1.08 bits per heavy atom.